The number of fused-ring (bicyclic) bond motifs is 1. The molecular weight excluding hydrogens is 268 g/mol. The first kappa shape index (κ1) is 13.8. The van der Waals surface area contributed by atoms with Gasteiger partial charge in [-0.15, -0.1) is 0 Å². The fourth-order valence-electron chi connectivity index (χ4n) is 2.97. The maximum Gasteiger partial charge on any atom is 0.325 e. The number of hydrogen-bond donors (Lipinski definition) is 1. The van der Waals surface area contributed by atoms with Crippen LogP contribution in [-0.2, 0) is 9.53 Å². The van der Waals surface area contributed by atoms with Crippen LogP contribution in [0.25, 0.3) is 0 Å². The highest BCUT2D eigenvalue weighted by Gasteiger charge is 2.48. The van der Waals surface area contributed by atoms with Crippen LogP contribution in [0, 0.1) is 5.92 Å². The fourth-order valence-corrected chi connectivity index (χ4v) is 2.97. The third-order valence-corrected chi connectivity index (χ3v) is 3.96. The largest absolute Gasteiger partial charge is 0.465 e. The van der Waals surface area contributed by atoms with E-state index >= 15 is 0 Å². The molecule has 0 unspecified atom stereocenters. The van der Waals surface area contributed by atoms with E-state index in [0.717, 1.165) is 6.42 Å². The van der Waals surface area contributed by atoms with E-state index in [1.165, 1.54) is 0 Å². The predicted octanol–water partition coefficient (Wildman–Crippen LogP) is 1.52. The van der Waals surface area contributed by atoms with E-state index in [1.807, 2.05) is 30.4 Å². The Hall–Kier alpha value is -2.14. The number of ether oxygens (including phenoxy) is 1. The highest BCUT2D eigenvalue weighted by molar-refractivity contribution is 5.95. The first-order valence-corrected chi connectivity index (χ1v) is 7.20. The molecule has 0 saturated carbocycles. The smallest absolute Gasteiger partial charge is 0.325 e. The summed E-state index contributed by atoms with van der Waals surface area (Å²) in [6, 6.07) is 8.52. The summed E-state index contributed by atoms with van der Waals surface area (Å²) in [6.07, 6.45) is 4.78. The van der Waals surface area contributed by atoms with Gasteiger partial charge in [-0.3, -0.25) is 14.6 Å². The van der Waals surface area contributed by atoms with Crippen LogP contribution >= 0.6 is 0 Å². The molecule has 21 heavy (non-hydrogen) atoms. The third-order valence-electron chi connectivity index (χ3n) is 3.96. The zero-order valence-corrected chi connectivity index (χ0v) is 11.9. The highest BCUT2D eigenvalue weighted by atomic mass is 16.5. The van der Waals surface area contributed by atoms with Crippen LogP contribution < -0.4 is 5.43 Å². The van der Waals surface area contributed by atoms with Crippen LogP contribution in [-0.4, -0.2) is 35.6 Å². The summed E-state index contributed by atoms with van der Waals surface area (Å²) in [5.41, 5.74) is 3.64. The number of hydrazine groups is 1. The van der Waals surface area contributed by atoms with Crippen molar-refractivity contribution < 1.29 is 14.3 Å². The number of hydrogen-bond acceptors (Lipinski definition) is 4. The maximum absolute atomic E-state index is 12.6. The lowest BCUT2D eigenvalue weighted by atomic mass is 9.96. The molecule has 1 aliphatic heterocycles. The van der Waals surface area contributed by atoms with Gasteiger partial charge in [0.05, 0.1) is 12.6 Å². The molecule has 1 fully saturated rings. The molecule has 2 aliphatic rings. The van der Waals surface area contributed by atoms with E-state index in [1.54, 1.807) is 24.1 Å². The Morgan fingerprint density at radius 2 is 2.10 bits per heavy atom. The van der Waals surface area contributed by atoms with E-state index < -0.39 is 6.04 Å². The van der Waals surface area contributed by atoms with Crippen molar-refractivity contribution >= 4 is 11.9 Å². The van der Waals surface area contributed by atoms with Gasteiger partial charge in [0.1, 0.15) is 6.04 Å². The van der Waals surface area contributed by atoms with Gasteiger partial charge in [0.15, 0.2) is 0 Å². The van der Waals surface area contributed by atoms with Crippen molar-refractivity contribution in [2.75, 3.05) is 6.61 Å². The Morgan fingerprint density at radius 3 is 2.81 bits per heavy atom. The van der Waals surface area contributed by atoms with Gasteiger partial charge < -0.3 is 4.74 Å². The lowest BCUT2D eigenvalue weighted by Gasteiger charge is -2.22. The molecule has 0 spiro atoms. The Balaban J connectivity index is 1.82. The SMILES string of the molecule is CCOC(=O)[C@@H]1NN(C(=O)c2ccccc2)[C@@H]2C=CC[C@@H]21. The average Bonchev–Trinajstić information content (AvgIpc) is 3.09. The van der Waals surface area contributed by atoms with Gasteiger partial charge in [-0.1, -0.05) is 30.4 Å². The average molecular weight is 286 g/mol. The minimum atomic E-state index is -0.461. The molecular formula is C16H18N2O3. The minimum absolute atomic E-state index is 0.0525. The summed E-state index contributed by atoms with van der Waals surface area (Å²) >= 11 is 0. The quantitative estimate of drug-likeness (QED) is 0.676. The molecule has 3 atom stereocenters. The lowest BCUT2D eigenvalue weighted by Crippen LogP contribution is -2.46. The number of carbonyl (C=O) groups excluding carboxylic acids is 2. The van der Waals surface area contributed by atoms with Gasteiger partial charge in [-0.05, 0) is 25.5 Å². The normalized spacial score (nSPS) is 26.7. The van der Waals surface area contributed by atoms with Gasteiger partial charge >= 0.3 is 5.97 Å². The number of nitrogens with one attached hydrogen (secondary N) is 1. The van der Waals surface area contributed by atoms with Crippen molar-refractivity contribution in [3.63, 3.8) is 0 Å². The van der Waals surface area contributed by atoms with Gasteiger partial charge in [0.2, 0.25) is 0 Å². The lowest BCUT2D eigenvalue weighted by molar-refractivity contribution is -0.146. The van der Waals surface area contributed by atoms with Gasteiger partial charge in [0, 0.05) is 11.5 Å². The van der Waals surface area contributed by atoms with E-state index in [4.69, 9.17) is 4.74 Å². The summed E-state index contributed by atoms with van der Waals surface area (Å²) in [4.78, 5) is 24.6. The zero-order valence-electron chi connectivity index (χ0n) is 11.9. The van der Waals surface area contributed by atoms with Crippen molar-refractivity contribution in [1.29, 1.82) is 0 Å². The van der Waals surface area contributed by atoms with Crippen LogP contribution in [0.1, 0.15) is 23.7 Å². The molecule has 1 aromatic rings. The second-order valence-electron chi connectivity index (χ2n) is 5.22. The number of amides is 1. The molecule has 1 saturated heterocycles. The van der Waals surface area contributed by atoms with Gasteiger partial charge in [-0.25, -0.2) is 5.43 Å². The monoisotopic (exact) mass is 286 g/mol. The standard InChI is InChI=1S/C16H18N2O3/c1-2-21-16(20)14-12-9-6-10-13(12)18(17-14)15(19)11-7-4-3-5-8-11/h3-8,10,12-14,17H,2,9H2,1H3/t12-,13+,14+/m0/s1. The Bertz CT molecular complexity index is 570. The van der Waals surface area contributed by atoms with E-state index in [0.29, 0.717) is 12.2 Å². The molecule has 5 nitrogen and oxygen atoms in total. The van der Waals surface area contributed by atoms with E-state index in [9.17, 15) is 9.59 Å². The summed E-state index contributed by atoms with van der Waals surface area (Å²) in [7, 11) is 0. The van der Waals surface area contributed by atoms with Crippen molar-refractivity contribution in [3.05, 3.63) is 48.0 Å². The minimum Gasteiger partial charge on any atom is -0.465 e. The van der Waals surface area contributed by atoms with Crippen LogP contribution in [0.4, 0.5) is 0 Å². The summed E-state index contributed by atoms with van der Waals surface area (Å²) in [6.45, 7) is 2.12. The molecule has 5 heteroatoms. The number of esters is 1. The molecule has 0 bridgehead atoms. The molecule has 1 amide bonds. The molecule has 1 heterocycles. The summed E-state index contributed by atoms with van der Waals surface area (Å²) in [5.74, 6) is -0.361. The van der Waals surface area contributed by atoms with Crippen molar-refractivity contribution in [2.24, 2.45) is 5.92 Å². The number of nitrogens with zero attached hydrogens (tertiary/aromatic N) is 1. The molecule has 1 aromatic carbocycles. The zero-order chi connectivity index (χ0) is 14.8. The number of allylic oxidation sites excluding steroid dienone is 1. The number of benzene rings is 1. The second kappa shape index (κ2) is 5.69. The van der Waals surface area contributed by atoms with Crippen molar-refractivity contribution in [2.45, 2.75) is 25.4 Å². The van der Waals surface area contributed by atoms with Crippen molar-refractivity contribution in [1.82, 2.24) is 10.4 Å². The highest BCUT2D eigenvalue weighted by Crippen LogP contribution is 2.33. The predicted molar refractivity (Wildman–Crippen MR) is 77.2 cm³/mol. The molecule has 0 aromatic heterocycles. The van der Waals surface area contributed by atoms with Gasteiger partial charge in [0.25, 0.3) is 5.91 Å². The van der Waals surface area contributed by atoms with Crippen LogP contribution in [0.5, 0.6) is 0 Å². The molecule has 0 radical (unpaired) electrons. The van der Waals surface area contributed by atoms with Crippen LogP contribution in [0.2, 0.25) is 0 Å². The molecule has 110 valence electrons. The van der Waals surface area contributed by atoms with Crippen molar-refractivity contribution in [3.8, 4) is 0 Å². The summed E-state index contributed by atoms with van der Waals surface area (Å²) in [5, 5.41) is 1.56. The third kappa shape index (κ3) is 2.45. The fraction of sp³-hybridized carbons (Fsp3) is 0.375. The first-order valence-electron chi connectivity index (χ1n) is 7.20. The maximum atomic E-state index is 12.6. The van der Waals surface area contributed by atoms with Gasteiger partial charge in [-0.2, -0.15) is 0 Å². The van der Waals surface area contributed by atoms with Crippen LogP contribution in [0.3, 0.4) is 0 Å². The topological polar surface area (TPSA) is 58.6 Å². The molecule has 1 N–H and O–H groups in total. The second-order valence-corrected chi connectivity index (χ2v) is 5.22. The molecule has 1 aliphatic carbocycles. The summed E-state index contributed by atoms with van der Waals surface area (Å²) < 4.78 is 5.10. The Morgan fingerprint density at radius 1 is 1.33 bits per heavy atom. The Kier molecular flexibility index (Phi) is 3.75. The first-order chi connectivity index (χ1) is 10.2. The van der Waals surface area contributed by atoms with Crippen LogP contribution in [0.15, 0.2) is 42.5 Å². The van der Waals surface area contributed by atoms with E-state index in [2.05, 4.69) is 5.43 Å². The Labute approximate surface area is 123 Å². The molecule has 3 rings (SSSR count). The number of carbonyl (C=O) groups is 2. The van der Waals surface area contributed by atoms with E-state index in [-0.39, 0.29) is 23.8 Å². The number of rotatable bonds is 3.